The van der Waals surface area contributed by atoms with E-state index < -0.39 is 132 Å². The number of aliphatic hydroxyl groups is 9. The standard InChI is InChI=1S/C49H77N3O15/c1-25-31(63-43(59)37(64-42(58)29-19-20-30(21-29)52-50)35(27-15-11-9-12-16-27)51-44(60)67-45(3,4)5)23-49(61)40(65-41(57)28-17-13-10-14-18-28)38-47(8,39(56)36(55)34(25)46(49,6)7)32(54)22-33-48(38,24-62-33)66-26(2)53/h9-18,25-26,29-44,51-61H,19-24,50H2,1-8H3/t25?,26?,29?,30?,31-,32?,33?,34?,35-,36?,37+,38-,39?,40-,41?,42?,43?,44?,47?,48-,49?/m1/s1. The third-order valence-electron chi connectivity index (χ3n) is 16.2. The van der Waals surface area contributed by atoms with Gasteiger partial charge in [-0.2, -0.15) is 0 Å². The second kappa shape index (κ2) is 20.1. The Hall–Kier alpha value is -2.28. The van der Waals surface area contributed by atoms with Crippen molar-refractivity contribution in [2.75, 3.05) is 6.61 Å². The summed E-state index contributed by atoms with van der Waals surface area (Å²) in [5.41, 5.74) is -3.94. The molecule has 2 bridgehead atoms. The number of rotatable bonds is 17. The van der Waals surface area contributed by atoms with Gasteiger partial charge in [0.25, 0.3) is 0 Å². The molecule has 5 fully saturated rings. The van der Waals surface area contributed by atoms with Crippen molar-refractivity contribution in [3.63, 3.8) is 0 Å². The molecule has 2 aromatic carbocycles. The van der Waals surface area contributed by atoms with Gasteiger partial charge in [0.2, 0.25) is 6.41 Å². The number of fused-ring (bicyclic) bond motifs is 5. The summed E-state index contributed by atoms with van der Waals surface area (Å²) in [6.45, 7) is 13.4. The number of ether oxygens (including phenoxy) is 6. The summed E-state index contributed by atoms with van der Waals surface area (Å²) in [5, 5.41) is 113. The molecule has 67 heavy (non-hydrogen) atoms. The number of aliphatic hydroxyl groups excluding tert-OH is 8. The van der Waals surface area contributed by atoms with Crippen molar-refractivity contribution in [2.24, 2.45) is 40.3 Å². The van der Waals surface area contributed by atoms with Crippen molar-refractivity contribution in [3.05, 3.63) is 71.8 Å². The first-order valence-electron chi connectivity index (χ1n) is 23.8. The molecule has 2 aromatic rings. The lowest BCUT2D eigenvalue weighted by Crippen LogP contribution is -2.83. The van der Waals surface area contributed by atoms with E-state index in [2.05, 4.69) is 10.7 Å². The van der Waals surface area contributed by atoms with Crippen LogP contribution in [0.5, 0.6) is 0 Å². The van der Waals surface area contributed by atoms with E-state index in [1.54, 1.807) is 109 Å². The molecule has 1 aliphatic heterocycles. The Morgan fingerprint density at radius 1 is 0.866 bits per heavy atom. The van der Waals surface area contributed by atoms with E-state index >= 15 is 0 Å². The van der Waals surface area contributed by atoms with Crippen LogP contribution in [0.15, 0.2) is 60.7 Å². The Morgan fingerprint density at radius 2 is 1.49 bits per heavy atom. The molecule has 1 heterocycles. The first-order valence-corrected chi connectivity index (χ1v) is 23.8. The Labute approximate surface area is 393 Å². The smallest absolute Gasteiger partial charge is 0.214 e. The minimum Gasteiger partial charge on any atom is -0.392 e. The van der Waals surface area contributed by atoms with Gasteiger partial charge in [-0.3, -0.25) is 16.6 Å². The average molecular weight is 948 g/mol. The highest BCUT2D eigenvalue weighted by Gasteiger charge is 2.78. The number of hydrogen-bond acceptors (Lipinski definition) is 18. The van der Waals surface area contributed by atoms with E-state index in [1.165, 1.54) is 6.92 Å². The lowest BCUT2D eigenvalue weighted by atomic mass is 9.42. The third kappa shape index (κ3) is 9.88. The molecular formula is C49H77N3O15. The van der Waals surface area contributed by atoms with Crippen molar-refractivity contribution >= 4 is 0 Å². The van der Waals surface area contributed by atoms with Crippen molar-refractivity contribution in [2.45, 2.75) is 191 Å². The lowest BCUT2D eigenvalue weighted by Gasteiger charge is -2.71. The van der Waals surface area contributed by atoms with Crippen LogP contribution in [0.25, 0.3) is 0 Å². The molecule has 21 atom stereocenters. The van der Waals surface area contributed by atoms with Crippen LogP contribution in [0.3, 0.4) is 0 Å². The number of nitrogens with one attached hydrogen (secondary N) is 2. The fourth-order valence-corrected chi connectivity index (χ4v) is 12.6. The first-order chi connectivity index (χ1) is 31.4. The fraction of sp³-hybridized carbons (Fsp3) is 0.755. The summed E-state index contributed by atoms with van der Waals surface area (Å²) >= 11 is 0. The van der Waals surface area contributed by atoms with Crippen LogP contribution in [-0.4, -0.2) is 143 Å². The van der Waals surface area contributed by atoms with E-state index in [0.717, 1.165) is 0 Å². The van der Waals surface area contributed by atoms with E-state index in [9.17, 15) is 46.0 Å². The third-order valence-corrected chi connectivity index (χ3v) is 16.2. The van der Waals surface area contributed by atoms with Crippen molar-refractivity contribution in [3.8, 4) is 0 Å². The van der Waals surface area contributed by atoms with Gasteiger partial charge in [-0.15, -0.1) is 0 Å². The second-order valence-corrected chi connectivity index (χ2v) is 21.7. The maximum absolute atomic E-state index is 13.9. The molecule has 1 saturated heterocycles. The number of benzene rings is 2. The highest BCUT2D eigenvalue weighted by molar-refractivity contribution is 5.27. The molecule has 0 amide bonds. The summed E-state index contributed by atoms with van der Waals surface area (Å²) < 4.78 is 38.1. The van der Waals surface area contributed by atoms with Crippen LogP contribution >= 0.6 is 0 Å². The molecule has 18 heteroatoms. The van der Waals surface area contributed by atoms with Crippen LogP contribution in [0.1, 0.15) is 111 Å². The van der Waals surface area contributed by atoms with Gasteiger partial charge in [-0.05, 0) is 58.4 Å². The largest absolute Gasteiger partial charge is 0.392 e. The number of hydrogen-bond donors (Lipinski definition) is 12. The quantitative estimate of drug-likeness (QED) is 0.0609. The minimum atomic E-state index is -2.15. The van der Waals surface area contributed by atoms with Gasteiger partial charge >= 0.3 is 0 Å². The summed E-state index contributed by atoms with van der Waals surface area (Å²) in [6, 6.07) is 16.2. The van der Waals surface area contributed by atoms with Gasteiger partial charge in [0.1, 0.15) is 11.7 Å². The van der Waals surface area contributed by atoms with Crippen LogP contribution in [0, 0.1) is 34.5 Å². The summed E-state index contributed by atoms with van der Waals surface area (Å²) in [6.07, 6.45) is -16.5. The Bertz CT molecular complexity index is 1910. The molecule has 7 rings (SSSR count). The summed E-state index contributed by atoms with van der Waals surface area (Å²) in [7, 11) is 0. The van der Waals surface area contributed by atoms with E-state index in [0.29, 0.717) is 30.4 Å². The van der Waals surface area contributed by atoms with Crippen molar-refractivity contribution in [1.29, 1.82) is 0 Å². The number of hydrazine groups is 1. The molecule has 13 N–H and O–H groups in total. The number of nitrogens with two attached hydrogens (primary N) is 1. The zero-order chi connectivity index (χ0) is 49.0. The zero-order valence-corrected chi connectivity index (χ0v) is 40.0. The predicted octanol–water partition coefficient (Wildman–Crippen LogP) is 1.55. The van der Waals surface area contributed by atoms with Gasteiger partial charge < -0.3 is 74.4 Å². The Morgan fingerprint density at radius 3 is 2.04 bits per heavy atom. The van der Waals surface area contributed by atoms with Gasteiger partial charge in [-0.1, -0.05) is 88.4 Å². The molecule has 15 unspecified atom stereocenters. The van der Waals surface area contributed by atoms with Crippen molar-refractivity contribution < 1.29 is 74.4 Å². The molecule has 0 radical (unpaired) electrons. The minimum absolute atomic E-state index is 0.0407. The van der Waals surface area contributed by atoms with E-state index in [4.69, 9.17) is 34.3 Å². The molecule has 18 nitrogen and oxygen atoms in total. The van der Waals surface area contributed by atoms with Crippen LogP contribution in [0.4, 0.5) is 0 Å². The monoisotopic (exact) mass is 948 g/mol. The molecular weight excluding hydrogens is 871 g/mol. The maximum atomic E-state index is 13.9. The van der Waals surface area contributed by atoms with E-state index in [-0.39, 0.29) is 25.5 Å². The summed E-state index contributed by atoms with van der Waals surface area (Å²) in [5.74, 6) is 2.30. The highest BCUT2D eigenvalue weighted by Crippen LogP contribution is 2.66. The van der Waals surface area contributed by atoms with Gasteiger partial charge in [0, 0.05) is 53.0 Å². The van der Waals surface area contributed by atoms with Crippen LogP contribution in [-0.2, 0) is 28.4 Å². The summed E-state index contributed by atoms with van der Waals surface area (Å²) in [4.78, 5) is 0. The second-order valence-electron chi connectivity index (χ2n) is 21.7. The fourth-order valence-electron chi connectivity index (χ4n) is 12.6. The van der Waals surface area contributed by atoms with Crippen molar-refractivity contribution in [1.82, 2.24) is 10.7 Å². The first kappa shape index (κ1) is 52.5. The molecule has 4 aliphatic carbocycles. The normalized spacial score (nSPS) is 40.4. The lowest BCUT2D eigenvalue weighted by molar-refractivity contribution is -0.417. The Balaban J connectivity index is 1.34. The molecule has 0 spiro atoms. The van der Waals surface area contributed by atoms with Gasteiger partial charge in [-0.25, -0.2) is 0 Å². The zero-order valence-electron chi connectivity index (χ0n) is 40.0. The molecule has 5 aliphatic rings. The average Bonchev–Trinajstić information content (AvgIpc) is 3.76. The highest BCUT2D eigenvalue weighted by atomic mass is 16.7. The van der Waals surface area contributed by atoms with Crippen LogP contribution in [0.2, 0.25) is 0 Å². The van der Waals surface area contributed by atoms with E-state index in [1.807, 2.05) is 0 Å². The predicted molar refractivity (Wildman–Crippen MR) is 241 cm³/mol. The molecule has 378 valence electrons. The maximum Gasteiger partial charge on any atom is 0.214 e. The van der Waals surface area contributed by atoms with Gasteiger partial charge in [0.15, 0.2) is 25.2 Å². The van der Waals surface area contributed by atoms with Gasteiger partial charge in [0.05, 0.1) is 60.5 Å². The topological polar surface area (TPSA) is 288 Å². The Kier molecular flexibility index (Phi) is 15.7. The molecule has 4 saturated carbocycles. The SMILES string of the molecule is CC(O)O[C@]12COC1CC(O)C1(C)C(O)C(O)C3C(C)[C@H](OC(O)[C@@H](OC(O)C4CCC(NN)C4)[C@H](NC(O)OC(C)(C)C)c4ccccc4)CC(O)([C@H](OC(O)c4ccccc4)[C@H]12)C3(C)C. The molecule has 0 aromatic heterocycles. The van der Waals surface area contributed by atoms with Crippen LogP contribution < -0.4 is 16.6 Å².